The number of aliphatic hydroxyl groups excluding tert-OH is 1. The van der Waals surface area contributed by atoms with Gasteiger partial charge in [0.05, 0.1) is 17.5 Å². The second-order valence-electron chi connectivity index (χ2n) is 5.04. The summed E-state index contributed by atoms with van der Waals surface area (Å²) in [5.74, 6) is 0.0793. The lowest BCUT2D eigenvalue weighted by molar-refractivity contribution is 0.0901. The van der Waals surface area contributed by atoms with Crippen molar-refractivity contribution in [2.45, 2.75) is 19.9 Å². The molecule has 106 valence electrons. The Morgan fingerprint density at radius 2 is 1.95 bits per heavy atom. The normalized spacial score (nSPS) is 12.4. The Hall–Kier alpha value is -1.65. The van der Waals surface area contributed by atoms with Crippen molar-refractivity contribution in [2.75, 3.05) is 6.61 Å². The molecule has 0 spiro atoms. The molecule has 1 amide bonds. The molecule has 1 aromatic heterocycles. The number of carbonyl (C=O) groups is 1. The number of hydrogen-bond donors (Lipinski definition) is 2. The molecule has 0 aliphatic rings. The molecular weight excluding hydrogens is 270 g/mol. The molecule has 1 aromatic carbocycles. The summed E-state index contributed by atoms with van der Waals surface area (Å²) >= 11 is 1.42. The van der Waals surface area contributed by atoms with E-state index in [4.69, 9.17) is 0 Å². The maximum atomic E-state index is 12.4. The van der Waals surface area contributed by atoms with E-state index in [1.807, 2.05) is 55.6 Å². The van der Waals surface area contributed by atoms with Gasteiger partial charge in [-0.25, -0.2) is 0 Å². The number of nitrogens with one attached hydrogen (secondary N) is 1. The summed E-state index contributed by atoms with van der Waals surface area (Å²) in [4.78, 5) is 13.1. The molecule has 0 unspecified atom stereocenters. The Morgan fingerprint density at radius 3 is 2.55 bits per heavy atom. The topological polar surface area (TPSA) is 49.3 Å². The van der Waals surface area contributed by atoms with Crippen LogP contribution in [0.3, 0.4) is 0 Å². The number of rotatable bonds is 5. The van der Waals surface area contributed by atoms with Crippen molar-refractivity contribution in [3.8, 4) is 11.1 Å². The standard InChI is InChI=1S/C16H19NO2S/c1-11(2)14(10-18)17-16(19)15-13(8-9-20-15)12-6-4-3-5-7-12/h3-9,11,14,18H,10H2,1-2H3,(H,17,19)/t14-/m1/s1. The Morgan fingerprint density at radius 1 is 1.25 bits per heavy atom. The third-order valence-electron chi connectivity index (χ3n) is 3.27. The molecule has 4 heteroatoms. The van der Waals surface area contributed by atoms with Gasteiger partial charge in [-0.15, -0.1) is 11.3 Å². The summed E-state index contributed by atoms with van der Waals surface area (Å²) in [6.07, 6.45) is 0. The van der Waals surface area contributed by atoms with Gasteiger partial charge in [-0.3, -0.25) is 4.79 Å². The SMILES string of the molecule is CC(C)[C@@H](CO)NC(=O)c1sccc1-c1ccccc1. The molecule has 2 rings (SSSR count). The monoisotopic (exact) mass is 289 g/mol. The number of amides is 1. The molecule has 20 heavy (non-hydrogen) atoms. The zero-order valence-electron chi connectivity index (χ0n) is 11.7. The van der Waals surface area contributed by atoms with Gasteiger partial charge < -0.3 is 10.4 Å². The summed E-state index contributed by atoms with van der Waals surface area (Å²) in [5.41, 5.74) is 1.97. The van der Waals surface area contributed by atoms with Gasteiger partial charge in [-0.1, -0.05) is 44.2 Å². The molecule has 0 bridgehead atoms. The van der Waals surface area contributed by atoms with Gasteiger partial charge in [0.15, 0.2) is 0 Å². The minimum Gasteiger partial charge on any atom is -0.394 e. The Labute approximate surface area is 123 Å². The van der Waals surface area contributed by atoms with Crippen molar-refractivity contribution in [1.29, 1.82) is 0 Å². The van der Waals surface area contributed by atoms with Crippen LogP contribution in [0.2, 0.25) is 0 Å². The van der Waals surface area contributed by atoms with E-state index >= 15 is 0 Å². The van der Waals surface area contributed by atoms with E-state index in [1.165, 1.54) is 11.3 Å². The lowest BCUT2D eigenvalue weighted by atomic mass is 10.0. The zero-order valence-corrected chi connectivity index (χ0v) is 12.5. The van der Waals surface area contributed by atoms with Gasteiger partial charge in [-0.05, 0) is 22.9 Å². The second kappa shape index (κ2) is 6.68. The van der Waals surface area contributed by atoms with Crippen LogP contribution in [0.25, 0.3) is 11.1 Å². The average Bonchev–Trinajstić information content (AvgIpc) is 2.94. The number of hydrogen-bond acceptors (Lipinski definition) is 3. The molecule has 2 N–H and O–H groups in total. The molecule has 2 aromatic rings. The number of benzene rings is 1. The van der Waals surface area contributed by atoms with Crippen molar-refractivity contribution < 1.29 is 9.90 Å². The van der Waals surface area contributed by atoms with E-state index in [0.717, 1.165) is 11.1 Å². The molecule has 0 aliphatic carbocycles. The molecule has 1 heterocycles. The van der Waals surface area contributed by atoms with E-state index in [2.05, 4.69) is 5.32 Å². The maximum absolute atomic E-state index is 12.4. The number of aliphatic hydroxyl groups is 1. The van der Waals surface area contributed by atoms with Gasteiger partial charge in [0.1, 0.15) is 0 Å². The third kappa shape index (κ3) is 3.26. The molecular formula is C16H19NO2S. The van der Waals surface area contributed by atoms with Crippen LogP contribution in [0.5, 0.6) is 0 Å². The van der Waals surface area contributed by atoms with E-state index in [-0.39, 0.29) is 24.5 Å². The molecule has 0 radical (unpaired) electrons. The van der Waals surface area contributed by atoms with Crippen LogP contribution in [-0.4, -0.2) is 23.7 Å². The Kier molecular flexibility index (Phi) is 4.93. The highest BCUT2D eigenvalue weighted by molar-refractivity contribution is 7.12. The minimum atomic E-state index is -0.215. The molecule has 0 aliphatic heterocycles. The fraction of sp³-hybridized carbons (Fsp3) is 0.312. The van der Waals surface area contributed by atoms with Gasteiger partial charge in [0, 0.05) is 5.56 Å². The quantitative estimate of drug-likeness (QED) is 0.888. The predicted octanol–water partition coefficient (Wildman–Crippen LogP) is 3.16. The van der Waals surface area contributed by atoms with E-state index < -0.39 is 0 Å². The predicted molar refractivity (Wildman–Crippen MR) is 82.9 cm³/mol. The first-order chi connectivity index (χ1) is 9.63. The largest absolute Gasteiger partial charge is 0.394 e. The van der Waals surface area contributed by atoms with Crippen LogP contribution in [0.15, 0.2) is 41.8 Å². The highest BCUT2D eigenvalue weighted by Gasteiger charge is 2.19. The van der Waals surface area contributed by atoms with Crippen molar-refractivity contribution in [3.63, 3.8) is 0 Å². The van der Waals surface area contributed by atoms with Crippen LogP contribution < -0.4 is 5.32 Å². The smallest absolute Gasteiger partial charge is 0.262 e. The Balaban J connectivity index is 2.22. The fourth-order valence-electron chi connectivity index (χ4n) is 1.99. The molecule has 0 fully saturated rings. The van der Waals surface area contributed by atoms with Crippen LogP contribution in [-0.2, 0) is 0 Å². The van der Waals surface area contributed by atoms with Crippen LogP contribution >= 0.6 is 11.3 Å². The number of carbonyl (C=O) groups excluding carboxylic acids is 1. The van der Waals surface area contributed by atoms with E-state index in [9.17, 15) is 9.90 Å². The molecule has 1 atom stereocenters. The lowest BCUT2D eigenvalue weighted by Gasteiger charge is -2.19. The van der Waals surface area contributed by atoms with Crippen LogP contribution in [0.4, 0.5) is 0 Å². The first kappa shape index (κ1) is 14.8. The number of thiophene rings is 1. The van der Waals surface area contributed by atoms with Crippen molar-refractivity contribution in [3.05, 3.63) is 46.7 Å². The lowest BCUT2D eigenvalue weighted by Crippen LogP contribution is -2.41. The maximum Gasteiger partial charge on any atom is 0.262 e. The van der Waals surface area contributed by atoms with Gasteiger partial charge in [0.25, 0.3) is 5.91 Å². The van der Waals surface area contributed by atoms with Crippen molar-refractivity contribution in [2.24, 2.45) is 5.92 Å². The highest BCUT2D eigenvalue weighted by Crippen LogP contribution is 2.28. The van der Waals surface area contributed by atoms with Crippen molar-refractivity contribution >= 4 is 17.2 Å². The zero-order chi connectivity index (χ0) is 14.5. The first-order valence-electron chi connectivity index (χ1n) is 6.68. The van der Waals surface area contributed by atoms with Gasteiger partial charge >= 0.3 is 0 Å². The van der Waals surface area contributed by atoms with E-state index in [1.54, 1.807) is 0 Å². The van der Waals surface area contributed by atoms with Crippen LogP contribution in [0.1, 0.15) is 23.5 Å². The highest BCUT2D eigenvalue weighted by atomic mass is 32.1. The summed E-state index contributed by atoms with van der Waals surface area (Å²) in [7, 11) is 0. The van der Waals surface area contributed by atoms with E-state index in [0.29, 0.717) is 4.88 Å². The molecule has 3 nitrogen and oxygen atoms in total. The van der Waals surface area contributed by atoms with Crippen molar-refractivity contribution in [1.82, 2.24) is 5.32 Å². The second-order valence-corrected chi connectivity index (χ2v) is 5.95. The summed E-state index contributed by atoms with van der Waals surface area (Å²) in [6.45, 7) is 3.91. The van der Waals surface area contributed by atoms with Gasteiger partial charge in [-0.2, -0.15) is 0 Å². The van der Waals surface area contributed by atoms with Crippen LogP contribution in [0, 0.1) is 5.92 Å². The first-order valence-corrected chi connectivity index (χ1v) is 7.56. The summed E-state index contributed by atoms with van der Waals surface area (Å²) in [5, 5.41) is 14.1. The van der Waals surface area contributed by atoms with Gasteiger partial charge in [0.2, 0.25) is 0 Å². The average molecular weight is 289 g/mol. The summed E-state index contributed by atoms with van der Waals surface area (Å²) < 4.78 is 0. The molecule has 0 saturated heterocycles. The molecule has 0 saturated carbocycles. The fourth-order valence-corrected chi connectivity index (χ4v) is 2.81. The Bertz CT molecular complexity index is 563. The summed E-state index contributed by atoms with van der Waals surface area (Å²) in [6, 6.07) is 11.6. The third-order valence-corrected chi connectivity index (χ3v) is 4.19. The minimum absolute atomic E-state index is 0.0462.